The standard InChI is InChI=1S/C22H33N3O5S2/c1-23(19-7-3-2-4-8-19)32(29,30)21-9-5-6-18(16-21)22(26)25-13-11-24(12-14-25)20-10-15-31(27,28)17-20/h5-6,9,16,19-20H,2-4,7-8,10-15,17H2,1H3. The molecule has 1 aromatic rings. The van der Waals surface area contributed by atoms with Crippen LogP contribution in [0.5, 0.6) is 0 Å². The van der Waals surface area contributed by atoms with Crippen LogP contribution in [-0.4, -0.2) is 93.7 Å². The van der Waals surface area contributed by atoms with Gasteiger partial charge in [0.25, 0.3) is 5.91 Å². The van der Waals surface area contributed by atoms with Gasteiger partial charge in [-0.2, -0.15) is 4.31 Å². The lowest BCUT2D eigenvalue weighted by molar-refractivity contribution is 0.0587. The van der Waals surface area contributed by atoms with Crippen LogP contribution >= 0.6 is 0 Å². The van der Waals surface area contributed by atoms with Gasteiger partial charge in [-0.3, -0.25) is 9.69 Å². The predicted molar refractivity (Wildman–Crippen MR) is 123 cm³/mol. The molecule has 1 atom stereocenters. The van der Waals surface area contributed by atoms with Crippen LogP contribution in [0.2, 0.25) is 0 Å². The summed E-state index contributed by atoms with van der Waals surface area (Å²) >= 11 is 0. The first kappa shape index (κ1) is 23.7. The van der Waals surface area contributed by atoms with E-state index in [0.29, 0.717) is 38.2 Å². The predicted octanol–water partition coefficient (Wildman–Crippen LogP) is 1.58. The second-order valence-corrected chi connectivity index (χ2v) is 13.5. The molecule has 0 radical (unpaired) electrons. The Bertz CT molecular complexity index is 1040. The van der Waals surface area contributed by atoms with Gasteiger partial charge in [-0.25, -0.2) is 16.8 Å². The SMILES string of the molecule is CN(C1CCCCC1)S(=O)(=O)c1cccc(C(=O)N2CCN(C3CCS(=O)(=O)C3)CC2)c1. The fraction of sp³-hybridized carbons (Fsp3) is 0.682. The van der Waals surface area contributed by atoms with E-state index >= 15 is 0 Å². The maximum atomic E-state index is 13.2. The number of carbonyl (C=O) groups excluding carboxylic acids is 1. The third-order valence-electron chi connectivity index (χ3n) is 7.17. The summed E-state index contributed by atoms with van der Waals surface area (Å²) in [7, 11) is -4.95. The van der Waals surface area contributed by atoms with E-state index in [1.165, 1.54) is 10.4 Å². The normalized spacial score (nSPS) is 25.3. The molecule has 2 saturated heterocycles. The fourth-order valence-electron chi connectivity index (χ4n) is 5.13. The van der Waals surface area contributed by atoms with Crippen LogP contribution in [0.1, 0.15) is 48.9 Å². The van der Waals surface area contributed by atoms with Gasteiger partial charge in [0.2, 0.25) is 10.0 Å². The Morgan fingerprint density at radius 1 is 1.03 bits per heavy atom. The molecule has 1 saturated carbocycles. The van der Waals surface area contributed by atoms with Crippen LogP contribution in [0.4, 0.5) is 0 Å². The van der Waals surface area contributed by atoms with E-state index in [4.69, 9.17) is 0 Å². The first-order valence-corrected chi connectivity index (χ1v) is 14.8. The highest BCUT2D eigenvalue weighted by atomic mass is 32.2. The van der Waals surface area contributed by atoms with Gasteiger partial charge in [-0.05, 0) is 37.5 Å². The molecule has 32 heavy (non-hydrogen) atoms. The number of amides is 1. The van der Waals surface area contributed by atoms with E-state index in [-0.39, 0.29) is 34.4 Å². The van der Waals surface area contributed by atoms with Gasteiger partial charge in [0.15, 0.2) is 9.84 Å². The highest BCUT2D eigenvalue weighted by Crippen LogP contribution is 2.27. The van der Waals surface area contributed by atoms with Crippen molar-refractivity contribution in [3.8, 4) is 0 Å². The van der Waals surface area contributed by atoms with Crippen LogP contribution in [-0.2, 0) is 19.9 Å². The Labute approximate surface area is 191 Å². The molecular weight excluding hydrogens is 450 g/mol. The van der Waals surface area contributed by atoms with Crippen LogP contribution in [0.3, 0.4) is 0 Å². The summed E-state index contributed by atoms with van der Waals surface area (Å²) in [6.45, 7) is 2.28. The van der Waals surface area contributed by atoms with Crippen molar-refractivity contribution in [3.63, 3.8) is 0 Å². The molecule has 4 rings (SSSR count). The number of sulfone groups is 1. The van der Waals surface area contributed by atoms with E-state index in [9.17, 15) is 21.6 Å². The number of carbonyl (C=O) groups is 1. The molecule has 3 fully saturated rings. The van der Waals surface area contributed by atoms with Gasteiger partial charge in [0, 0.05) is 50.9 Å². The van der Waals surface area contributed by atoms with Crippen molar-refractivity contribution in [2.45, 2.75) is 55.5 Å². The van der Waals surface area contributed by atoms with Crippen molar-refractivity contribution in [2.75, 3.05) is 44.7 Å². The minimum absolute atomic E-state index is 0.0144. The van der Waals surface area contributed by atoms with E-state index in [1.807, 2.05) is 0 Å². The van der Waals surface area contributed by atoms with Crippen molar-refractivity contribution in [1.82, 2.24) is 14.1 Å². The molecule has 1 aliphatic carbocycles. The molecule has 0 spiro atoms. The minimum atomic E-state index is -3.66. The zero-order valence-corrected chi connectivity index (χ0v) is 20.3. The molecule has 3 aliphatic rings. The lowest BCUT2D eigenvalue weighted by Gasteiger charge is -2.37. The average molecular weight is 484 g/mol. The van der Waals surface area contributed by atoms with Crippen LogP contribution in [0.15, 0.2) is 29.2 Å². The number of hydrogen-bond donors (Lipinski definition) is 0. The van der Waals surface area contributed by atoms with Gasteiger partial charge in [0.1, 0.15) is 0 Å². The maximum absolute atomic E-state index is 13.2. The Morgan fingerprint density at radius 3 is 2.34 bits per heavy atom. The summed E-state index contributed by atoms with van der Waals surface area (Å²) in [4.78, 5) is 17.1. The van der Waals surface area contributed by atoms with Gasteiger partial charge in [-0.1, -0.05) is 25.3 Å². The van der Waals surface area contributed by atoms with E-state index in [2.05, 4.69) is 4.90 Å². The molecule has 1 amide bonds. The number of rotatable bonds is 5. The second-order valence-electron chi connectivity index (χ2n) is 9.23. The number of benzene rings is 1. The van der Waals surface area contributed by atoms with Gasteiger partial charge in [-0.15, -0.1) is 0 Å². The lowest BCUT2D eigenvalue weighted by Crippen LogP contribution is -2.52. The highest BCUT2D eigenvalue weighted by Gasteiger charge is 2.35. The summed E-state index contributed by atoms with van der Waals surface area (Å²) in [6, 6.07) is 6.41. The van der Waals surface area contributed by atoms with E-state index in [0.717, 1.165) is 32.1 Å². The molecule has 0 bridgehead atoms. The fourth-order valence-corrected chi connectivity index (χ4v) is 8.36. The van der Waals surface area contributed by atoms with E-state index in [1.54, 1.807) is 30.1 Å². The Kier molecular flexibility index (Phi) is 6.95. The summed E-state index contributed by atoms with van der Waals surface area (Å²) in [5.41, 5.74) is 0.375. The van der Waals surface area contributed by atoms with Gasteiger partial charge in [0.05, 0.1) is 16.4 Å². The Balaban J connectivity index is 1.41. The number of sulfonamides is 1. The first-order valence-electron chi connectivity index (χ1n) is 11.5. The topological polar surface area (TPSA) is 95.1 Å². The first-order chi connectivity index (χ1) is 15.2. The summed E-state index contributed by atoms with van der Waals surface area (Å²) in [5.74, 6) is 0.268. The van der Waals surface area contributed by atoms with Gasteiger partial charge < -0.3 is 4.90 Å². The maximum Gasteiger partial charge on any atom is 0.253 e. The zero-order valence-electron chi connectivity index (χ0n) is 18.6. The van der Waals surface area contributed by atoms with E-state index < -0.39 is 19.9 Å². The monoisotopic (exact) mass is 483 g/mol. The van der Waals surface area contributed by atoms with Crippen LogP contribution < -0.4 is 0 Å². The molecule has 2 heterocycles. The summed E-state index contributed by atoms with van der Waals surface area (Å²) in [5, 5.41) is 0. The molecular formula is C22H33N3O5S2. The molecule has 1 unspecified atom stereocenters. The molecule has 8 nitrogen and oxygen atoms in total. The summed E-state index contributed by atoms with van der Waals surface area (Å²) in [6.07, 6.45) is 5.65. The quantitative estimate of drug-likeness (QED) is 0.631. The zero-order chi connectivity index (χ0) is 22.9. The molecule has 0 aromatic heterocycles. The number of piperazine rings is 1. The van der Waals surface area contributed by atoms with Crippen molar-refractivity contribution < 1.29 is 21.6 Å². The van der Waals surface area contributed by atoms with Crippen molar-refractivity contribution in [1.29, 1.82) is 0 Å². The molecule has 2 aliphatic heterocycles. The third kappa shape index (κ3) is 5.03. The largest absolute Gasteiger partial charge is 0.336 e. The highest BCUT2D eigenvalue weighted by molar-refractivity contribution is 7.91. The smallest absolute Gasteiger partial charge is 0.253 e. The molecule has 1 aromatic carbocycles. The lowest BCUT2D eigenvalue weighted by atomic mass is 9.96. The van der Waals surface area contributed by atoms with Crippen molar-refractivity contribution in [2.24, 2.45) is 0 Å². The molecule has 178 valence electrons. The molecule has 0 N–H and O–H groups in total. The van der Waals surface area contributed by atoms with Crippen LogP contribution in [0, 0.1) is 0 Å². The summed E-state index contributed by atoms with van der Waals surface area (Å²) < 4.78 is 51.3. The van der Waals surface area contributed by atoms with Gasteiger partial charge >= 0.3 is 0 Å². The van der Waals surface area contributed by atoms with Crippen molar-refractivity contribution >= 4 is 25.8 Å². The third-order valence-corrected chi connectivity index (χ3v) is 10.8. The minimum Gasteiger partial charge on any atom is -0.336 e. The molecule has 10 heteroatoms. The second kappa shape index (κ2) is 9.40. The van der Waals surface area contributed by atoms with Crippen LogP contribution in [0.25, 0.3) is 0 Å². The number of nitrogens with zero attached hydrogens (tertiary/aromatic N) is 3. The Hall–Kier alpha value is -1.49. The average Bonchev–Trinajstić information content (AvgIpc) is 3.18. The van der Waals surface area contributed by atoms with Crippen molar-refractivity contribution in [3.05, 3.63) is 29.8 Å². The Morgan fingerprint density at radius 2 is 1.72 bits per heavy atom. The number of hydrogen-bond acceptors (Lipinski definition) is 6.